The molecule has 5 fully saturated rings. The van der Waals surface area contributed by atoms with Crippen molar-refractivity contribution in [2.45, 2.75) is 117 Å². The standard InChI is InChI=1S/C34H56N2O4/c1-7-36(8-2)18-17-35-31(37)39-25-12-14-32(5)24(19-25)9-10-26-27(32)13-15-33(6)28(26)20-29-30(33)23(4)34(40-29)16-11-22(3)21-38-34/h9,22-23,25-30H,7-8,10-21H2,1-6H3,(H,35,37)/t22-,23-,25-,26+,27-,28-,29-,30?,32-,33-,34-/m0/s1. The smallest absolute Gasteiger partial charge is 0.407 e. The molecule has 0 aromatic heterocycles. The van der Waals surface area contributed by atoms with Gasteiger partial charge in [-0.25, -0.2) is 4.79 Å². The maximum atomic E-state index is 12.6. The Morgan fingerprint density at radius 1 is 1.10 bits per heavy atom. The van der Waals surface area contributed by atoms with E-state index in [2.05, 4.69) is 57.8 Å². The molecular formula is C34H56N2O4. The van der Waals surface area contributed by atoms with Gasteiger partial charge in [0.1, 0.15) is 6.10 Å². The molecular weight excluding hydrogens is 500 g/mol. The molecule has 0 aromatic rings. The molecule has 6 aliphatic rings. The van der Waals surface area contributed by atoms with E-state index in [1.165, 1.54) is 32.1 Å². The van der Waals surface area contributed by atoms with Gasteiger partial charge in [0, 0.05) is 31.8 Å². The van der Waals surface area contributed by atoms with Crippen LogP contribution in [0.15, 0.2) is 11.6 Å². The van der Waals surface area contributed by atoms with E-state index in [-0.39, 0.29) is 23.4 Å². The van der Waals surface area contributed by atoms with Crippen LogP contribution < -0.4 is 5.32 Å². The van der Waals surface area contributed by atoms with Gasteiger partial charge in [-0.1, -0.05) is 53.2 Å². The number of rotatable bonds is 6. The number of hydrogen-bond donors (Lipinski definition) is 1. The minimum atomic E-state index is -0.325. The van der Waals surface area contributed by atoms with Gasteiger partial charge in [-0.15, -0.1) is 0 Å². The van der Waals surface area contributed by atoms with E-state index in [1.54, 1.807) is 5.57 Å². The Hall–Kier alpha value is -1.11. The zero-order valence-corrected chi connectivity index (χ0v) is 26.2. The second kappa shape index (κ2) is 10.9. The second-order valence-electron chi connectivity index (χ2n) is 15.0. The highest BCUT2D eigenvalue weighted by molar-refractivity contribution is 5.67. The number of allylic oxidation sites excluding steroid dienone is 1. The summed E-state index contributed by atoms with van der Waals surface area (Å²) in [4.78, 5) is 14.9. The molecule has 6 nitrogen and oxygen atoms in total. The summed E-state index contributed by atoms with van der Waals surface area (Å²) >= 11 is 0. The first-order valence-corrected chi connectivity index (χ1v) is 16.8. The van der Waals surface area contributed by atoms with Gasteiger partial charge in [0.25, 0.3) is 0 Å². The third kappa shape index (κ3) is 4.67. The van der Waals surface area contributed by atoms with Gasteiger partial charge in [-0.2, -0.15) is 0 Å². The average Bonchev–Trinajstić information content (AvgIpc) is 3.38. The number of carbonyl (C=O) groups is 1. The fourth-order valence-electron chi connectivity index (χ4n) is 10.8. The van der Waals surface area contributed by atoms with Crippen molar-refractivity contribution in [2.24, 2.45) is 46.3 Å². The number of ether oxygens (including phenoxy) is 3. The van der Waals surface area contributed by atoms with Crippen LogP contribution in [0.5, 0.6) is 0 Å². The number of nitrogens with zero attached hydrogens (tertiary/aromatic N) is 1. The highest BCUT2D eigenvalue weighted by atomic mass is 16.7. The van der Waals surface area contributed by atoms with Crippen molar-refractivity contribution in [2.75, 3.05) is 32.8 Å². The SMILES string of the molecule is CCN(CC)CCNC(=O)O[C@H]1CC[C@@]2(C)C(=CC[C@@H]3[C@@H]2CC[C@]2(C)C4[C@H](C[C@@H]32)O[C@@]2(CC[C@H](C)CO2)[C@H]4C)C1. The van der Waals surface area contributed by atoms with Gasteiger partial charge in [-0.3, -0.25) is 0 Å². The van der Waals surface area contributed by atoms with Gasteiger partial charge in [0.15, 0.2) is 5.79 Å². The Labute approximate surface area is 243 Å². The predicted molar refractivity (Wildman–Crippen MR) is 158 cm³/mol. The molecule has 1 unspecified atom stereocenters. The zero-order valence-electron chi connectivity index (χ0n) is 26.2. The van der Waals surface area contributed by atoms with Crippen molar-refractivity contribution in [1.29, 1.82) is 0 Å². The van der Waals surface area contributed by atoms with E-state index >= 15 is 0 Å². The summed E-state index contributed by atoms with van der Waals surface area (Å²) in [6.45, 7) is 18.6. The van der Waals surface area contributed by atoms with E-state index in [4.69, 9.17) is 14.2 Å². The highest BCUT2D eigenvalue weighted by Gasteiger charge is 2.68. The number of carbonyl (C=O) groups excluding carboxylic acids is 1. The van der Waals surface area contributed by atoms with Gasteiger partial charge in [0.2, 0.25) is 0 Å². The number of fused-ring (bicyclic) bond motifs is 7. The molecule has 6 rings (SSSR count). The van der Waals surface area contributed by atoms with Crippen LogP contribution in [-0.4, -0.2) is 61.8 Å². The summed E-state index contributed by atoms with van der Waals surface area (Å²) in [7, 11) is 0. The summed E-state index contributed by atoms with van der Waals surface area (Å²) < 4.78 is 19.4. The Balaban J connectivity index is 1.10. The third-order valence-corrected chi connectivity index (χ3v) is 13.2. The molecule has 3 saturated carbocycles. The predicted octanol–water partition coefficient (Wildman–Crippen LogP) is 6.79. The van der Waals surface area contributed by atoms with Crippen LogP contribution in [0.4, 0.5) is 4.79 Å². The monoisotopic (exact) mass is 556 g/mol. The number of hydrogen-bond acceptors (Lipinski definition) is 5. The first-order valence-electron chi connectivity index (χ1n) is 16.8. The fraction of sp³-hybridized carbons (Fsp3) is 0.912. The topological polar surface area (TPSA) is 60.0 Å². The fourth-order valence-corrected chi connectivity index (χ4v) is 10.8. The first-order chi connectivity index (χ1) is 19.1. The molecule has 2 heterocycles. The maximum absolute atomic E-state index is 12.6. The normalized spacial score (nSPS) is 47.7. The van der Waals surface area contributed by atoms with Crippen molar-refractivity contribution in [3.8, 4) is 0 Å². The van der Waals surface area contributed by atoms with Gasteiger partial charge >= 0.3 is 6.09 Å². The van der Waals surface area contributed by atoms with Crippen molar-refractivity contribution in [1.82, 2.24) is 10.2 Å². The van der Waals surface area contributed by atoms with Crippen LogP contribution in [0.25, 0.3) is 0 Å². The maximum Gasteiger partial charge on any atom is 0.407 e. The Morgan fingerprint density at radius 2 is 1.90 bits per heavy atom. The molecule has 0 radical (unpaired) electrons. The minimum Gasteiger partial charge on any atom is -0.446 e. The average molecular weight is 557 g/mol. The highest BCUT2D eigenvalue weighted by Crippen LogP contribution is 2.70. The largest absolute Gasteiger partial charge is 0.446 e. The van der Waals surface area contributed by atoms with E-state index < -0.39 is 0 Å². The number of nitrogens with one attached hydrogen (secondary N) is 1. The lowest BCUT2D eigenvalue weighted by Gasteiger charge is -2.58. The molecule has 4 aliphatic carbocycles. The van der Waals surface area contributed by atoms with E-state index in [0.29, 0.717) is 35.8 Å². The molecule has 6 heteroatoms. The molecule has 11 atom stereocenters. The molecule has 226 valence electrons. The van der Waals surface area contributed by atoms with Crippen LogP contribution in [-0.2, 0) is 14.2 Å². The van der Waals surface area contributed by atoms with E-state index in [0.717, 1.165) is 69.7 Å². The summed E-state index contributed by atoms with van der Waals surface area (Å²) in [6, 6.07) is 0. The lowest BCUT2D eigenvalue weighted by atomic mass is 9.47. The summed E-state index contributed by atoms with van der Waals surface area (Å²) in [6.07, 6.45) is 13.1. The van der Waals surface area contributed by atoms with Crippen LogP contribution >= 0.6 is 0 Å². The Morgan fingerprint density at radius 3 is 2.62 bits per heavy atom. The quantitative estimate of drug-likeness (QED) is 0.365. The summed E-state index contributed by atoms with van der Waals surface area (Å²) in [5.41, 5.74) is 2.17. The van der Waals surface area contributed by atoms with Crippen LogP contribution in [0.3, 0.4) is 0 Å². The minimum absolute atomic E-state index is 0.00710. The molecule has 40 heavy (non-hydrogen) atoms. The van der Waals surface area contributed by atoms with Gasteiger partial charge in [-0.05, 0) is 98.5 Å². The van der Waals surface area contributed by atoms with Crippen LogP contribution in [0.1, 0.15) is 99.3 Å². The lowest BCUT2D eigenvalue weighted by Crippen LogP contribution is -2.52. The first kappa shape index (κ1) is 29.0. The molecule has 1 spiro atoms. The Kier molecular flexibility index (Phi) is 7.87. The van der Waals surface area contributed by atoms with Gasteiger partial charge < -0.3 is 24.4 Å². The molecule has 2 aliphatic heterocycles. The zero-order chi connectivity index (χ0) is 28.3. The number of likely N-dealkylation sites (N-methyl/N-ethyl adjacent to an activating group) is 1. The van der Waals surface area contributed by atoms with E-state index in [9.17, 15) is 4.79 Å². The third-order valence-electron chi connectivity index (χ3n) is 13.2. The van der Waals surface area contributed by atoms with Crippen molar-refractivity contribution >= 4 is 6.09 Å². The van der Waals surface area contributed by atoms with Crippen molar-refractivity contribution in [3.05, 3.63) is 11.6 Å². The van der Waals surface area contributed by atoms with Crippen LogP contribution in [0.2, 0.25) is 0 Å². The number of amides is 1. The summed E-state index contributed by atoms with van der Waals surface area (Å²) in [5, 5.41) is 2.99. The summed E-state index contributed by atoms with van der Waals surface area (Å²) in [5.74, 6) is 3.65. The number of alkyl carbamates (subject to hydrolysis) is 1. The molecule has 0 aromatic carbocycles. The molecule has 1 amide bonds. The van der Waals surface area contributed by atoms with Crippen LogP contribution in [0, 0.1) is 46.3 Å². The Bertz CT molecular complexity index is 971. The van der Waals surface area contributed by atoms with Gasteiger partial charge in [0.05, 0.1) is 12.7 Å². The lowest BCUT2D eigenvalue weighted by molar-refractivity contribution is -0.272. The van der Waals surface area contributed by atoms with Crippen molar-refractivity contribution in [3.63, 3.8) is 0 Å². The second-order valence-corrected chi connectivity index (χ2v) is 15.0. The molecule has 0 bridgehead atoms. The van der Waals surface area contributed by atoms with Crippen molar-refractivity contribution < 1.29 is 19.0 Å². The van der Waals surface area contributed by atoms with E-state index in [1.807, 2.05) is 0 Å². The molecule has 2 saturated heterocycles. The molecule has 1 N–H and O–H groups in total.